The van der Waals surface area contributed by atoms with E-state index in [2.05, 4.69) is 15.8 Å². The minimum Gasteiger partial charge on any atom is -0.455 e. The fourth-order valence-corrected chi connectivity index (χ4v) is 2.94. The van der Waals surface area contributed by atoms with E-state index in [4.69, 9.17) is 4.42 Å². The molecule has 0 atom stereocenters. The third-order valence-electron chi connectivity index (χ3n) is 4.52. The van der Waals surface area contributed by atoms with Crippen molar-refractivity contribution >= 4 is 29.4 Å². The smallest absolute Gasteiger partial charge is 0.329 e. The number of hydrazone groups is 1. The van der Waals surface area contributed by atoms with Gasteiger partial charge in [0.1, 0.15) is 11.5 Å². The number of para-hydroxylation sites is 1. The summed E-state index contributed by atoms with van der Waals surface area (Å²) in [4.78, 5) is 34.4. The molecular weight excluding hydrogens is 400 g/mol. The van der Waals surface area contributed by atoms with Gasteiger partial charge in [-0.3, -0.25) is 19.7 Å². The van der Waals surface area contributed by atoms with Gasteiger partial charge in [-0.25, -0.2) is 5.43 Å². The maximum Gasteiger partial charge on any atom is 0.329 e. The van der Waals surface area contributed by atoms with E-state index in [1.807, 2.05) is 19.1 Å². The standard InChI is InChI=1S/C22H20N4O5/c1-3-15-6-4-5-7-19(15)24-21(27)22(28)25-23-13-17-9-11-20(31-17)18-10-8-16(26(29)30)12-14(18)2/h4-13H,3H2,1-2H3,(H,24,27)(H,25,28)/b23-13+. The lowest BCUT2D eigenvalue weighted by Gasteiger charge is -2.08. The summed E-state index contributed by atoms with van der Waals surface area (Å²) in [6, 6.07) is 15.0. The second kappa shape index (κ2) is 9.49. The maximum atomic E-state index is 12.1. The Bertz CT molecular complexity index is 1170. The molecule has 0 unspecified atom stereocenters. The van der Waals surface area contributed by atoms with Gasteiger partial charge < -0.3 is 9.73 Å². The van der Waals surface area contributed by atoms with Crippen molar-refractivity contribution in [2.45, 2.75) is 20.3 Å². The van der Waals surface area contributed by atoms with Gasteiger partial charge in [-0.05, 0) is 48.7 Å². The highest BCUT2D eigenvalue weighted by molar-refractivity contribution is 6.39. The lowest BCUT2D eigenvalue weighted by molar-refractivity contribution is -0.384. The lowest BCUT2D eigenvalue weighted by Crippen LogP contribution is -2.32. The Morgan fingerprint density at radius 3 is 2.61 bits per heavy atom. The zero-order valence-corrected chi connectivity index (χ0v) is 16.9. The van der Waals surface area contributed by atoms with E-state index in [9.17, 15) is 19.7 Å². The van der Waals surface area contributed by atoms with Gasteiger partial charge in [0, 0.05) is 23.4 Å². The number of nitro benzene ring substituents is 1. The van der Waals surface area contributed by atoms with E-state index in [0.29, 0.717) is 34.8 Å². The average Bonchev–Trinajstić information content (AvgIpc) is 3.22. The number of nitro groups is 1. The Morgan fingerprint density at radius 2 is 1.90 bits per heavy atom. The van der Waals surface area contributed by atoms with E-state index < -0.39 is 16.7 Å². The second-order valence-corrected chi connectivity index (χ2v) is 6.62. The van der Waals surface area contributed by atoms with Crippen molar-refractivity contribution < 1.29 is 18.9 Å². The number of rotatable bonds is 6. The molecule has 3 rings (SSSR count). The van der Waals surface area contributed by atoms with Crippen LogP contribution < -0.4 is 10.7 Å². The van der Waals surface area contributed by atoms with Crippen molar-refractivity contribution in [2.24, 2.45) is 5.10 Å². The number of nitrogens with zero attached hydrogens (tertiary/aromatic N) is 2. The Kier molecular flexibility index (Phi) is 6.56. The summed E-state index contributed by atoms with van der Waals surface area (Å²) in [6.45, 7) is 3.69. The van der Waals surface area contributed by atoms with E-state index in [-0.39, 0.29) is 5.69 Å². The highest BCUT2D eigenvalue weighted by atomic mass is 16.6. The van der Waals surface area contributed by atoms with Gasteiger partial charge in [-0.1, -0.05) is 25.1 Å². The average molecular weight is 420 g/mol. The van der Waals surface area contributed by atoms with Crippen molar-refractivity contribution in [3.63, 3.8) is 0 Å². The molecule has 0 aliphatic carbocycles. The van der Waals surface area contributed by atoms with Gasteiger partial charge in [0.15, 0.2) is 0 Å². The van der Waals surface area contributed by atoms with Crippen LogP contribution in [0.3, 0.4) is 0 Å². The SMILES string of the molecule is CCc1ccccc1NC(=O)C(=O)N/N=C/c1ccc(-c2ccc([N+](=O)[O-])cc2C)o1. The number of non-ortho nitro benzene ring substituents is 1. The molecule has 3 aromatic rings. The molecular formula is C22H20N4O5. The quantitative estimate of drug-likeness (QED) is 0.271. The third kappa shape index (κ3) is 5.21. The Hall–Kier alpha value is -4.27. The van der Waals surface area contributed by atoms with Gasteiger partial charge in [0.05, 0.1) is 11.1 Å². The Labute approximate surface area is 177 Å². The first-order chi connectivity index (χ1) is 14.9. The zero-order valence-electron chi connectivity index (χ0n) is 16.9. The first kappa shape index (κ1) is 21.4. The normalized spacial score (nSPS) is 10.8. The predicted molar refractivity (Wildman–Crippen MR) is 116 cm³/mol. The topological polar surface area (TPSA) is 127 Å². The minimum absolute atomic E-state index is 0.00265. The number of anilines is 1. The van der Waals surface area contributed by atoms with Crippen molar-refractivity contribution in [2.75, 3.05) is 5.32 Å². The molecule has 9 heteroatoms. The summed E-state index contributed by atoms with van der Waals surface area (Å²) in [7, 11) is 0. The van der Waals surface area contributed by atoms with Crippen LogP contribution in [0, 0.1) is 17.0 Å². The second-order valence-electron chi connectivity index (χ2n) is 6.62. The molecule has 9 nitrogen and oxygen atoms in total. The molecule has 0 fully saturated rings. The van der Waals surface area contributed by atoms with E-state index in [1.54, 1.807) is 37.3 Å². The van der Waals surface area contributed by atoms with Crippen molar-refractivity contribution in [1.29, 1.82) is 0 Å². The molecule has 0 saturated heterocycles. The molecule has 1 heterocycles. The predicted octanol–water partition coefficient (Wildman–Crippen LogP) is 3.81. The first-order valence-electron chi connectivity index (χ1n) is 9.46. The fourth-order valence-electron chi connectivity index (χ4n) is 2.94. The fraction of sp³-hybridized carbons (Fsp3) is 0.136. The molecule has 2 N–H and O–H groups in total. The van der Waals surface area contributed by atoms with Crippen molar-refractivity contribution in [1.82, 2.24) is 5.43 Å². The number of nitrogens with one attached hydrogen (secondary N) is 2. The molecule has 2 amide bonds. The number of furan rings is 1. The van der Waals surface area contributed by atoms with E-state index >= 15 is 0 Å². The highest BCUT2D eigenvalue weighted by Gasteiger charge is 2.15. The van der Waals surface area contributed by atoms with Gasteiger partial charge in [-0.15, -0.1) is 0 Å². The molecule has 0 bridgehead atoms. The number of hydrogen-bond acceptors (Lipinski definition) is 6. The molecule has 158 valence electrons. The highest BCUT2D eigenvalue weighted by Crippen LogP contribution is 2.28. The number of benzene rings is 2. The molecule has 0 radical (unpaired) electrons. The summed E-state index contributed by atoms with van der Waals surface area (Å²) in [6.07, 6.45) is 1.97. The van der Waals surface area contributed by atoms with E-state index in [0.717, 1.165) is 5.56 Å². The van der Waals surface area contributed by atoms with E-state index in [1.165, 1.54) is 18.3 Å². The van der Waals surface area contributed by atoms with Crippen LogP contribution in [0.4, 0.5) is 11.4 Å². The van der Waals surface area contributed by atoms with Crippen molar-refractivity contribution in [3.8, 4) is 11.3 Å². The van der Waals surface area contributed by atoms with Gasteiger partial charge in [0.25, 0.3) is 5.69 Å². The van der Waals surface area contributed by atoms with Crippen molar-refractivity contribution in [3.05, 3.63) is 81.6 Å². The Morgan fingerprint density at radius 1 is 1.13 bits per heavy atom. The minimum atomic E-state index is -0.917. The molecule has 0 saturated carbocycles. The van der Waals surface area contributed by atoms with Crippen LogP contribution in [0.2, 0.25) is 0 Å². The van der Waals surface area contributed by atoms with Crippen LogP contribution >= 0.6 is 0 Å². The van der Waals surface area contributed by atoms with Gasteiger partial charge >= 0.3 is 11.8 Å². The zero-order chi connectivity index (χ0) is 22.4. The molecule has 1 aromatic heterocycles. The molecule has 0 spiro atoms. The summed E-state index contributed by atoms with van der Waals surface area (Å²) in [5, 5.41) is 17.2. The van der Waals surface area contributed by atoms with Crippen LogP contribution in [0.15, 0.2) is 64.1 Å². The van der Waals surface area contributed by atoms with Gasteiger partial charge in [-0.2, -0.15) is 5.10 Å². The summed E-state index contributed by atoms with van der Waals surface area (Å²) in [5.74, 6) is -0.918. The summed E-state index contributed by atoms with van der Waals surface area (Å²) >= 11 is 0. The van der Waals surface area contributed by atoms with Crippen LogP contribution in [-0.4, -0.2) is 23.0 Å². The third-order valence-corrected chi connectivity index (χ3v) is 4.52. The van der Waals surface area contributed by atoms with Crippen LogP contribution in [0.25, 0.3) is 11.3 Å². The first-order valence-corrected chi connectivity index (χ1v) is 9.46. The summed E-state index contributed by atoms with van der Waals surface area (Å²) in [5.41, 5.74) is 5.02. The number of hydrogen-bond donors (Lipinski definition) is 2. The van der Waals surface area contributed by atoms with Crippen LogP contribution in [-0.2, 0) is 16.0 Å². The summed E-state index contributed by atoms with van der Waals surface area (Å²) < 4.78 is 5.65. The monoisotopic (exact) mass is 420 g/mol. The molecule has 2 aromatic carbocycles. The lowest BCUT2D eigenvalue weighted by atomic mass is 10.1. The maximum absolute atomic E-state index is 12.1. The molecule has 0 aliphatic rings. The van der Waals surface area contributed by atoms with Gasteiger partial charge in [0.2, 0.25) is 0 Å². The Balaban J connectivity index is 1.62. The number of carbonyl (C=O) groups excluding carboxylic acids is 2. The molecule has 0 aliphatic heterocycles. The van der Waals surface area contributed by atoms with Crippen LogP contribution in [0.5, 0.6) is 0 Å². The largest absolute Gasteiger partial charge is 0.455 e. The number of carbonyl (C=O) groups is 2. The number of aryl methyl sites for hydroxylation is 2. The molecule has 31 heavy (non-hydrogen) atoms. The number of amides is 2. The van der Waals surface area contributed by atoms with Crippen LogP contribution in [0.1, 0.15) is 23.8 Å².